The molecule has 40 heavy (non-hydrogen) atoms. The monoisotopic (exact) mass is 536 g/mol. The maximum atomic E-state index is 14.2. The molecule has 2 N–H and O–H groups in total. The van der Waals surface area contributed by atoms with Gasteiger partial charge in [0, 0.05) is 49.5 Å². The van der Waals surface area contributed by atoms with E-state index in [2.05, 4.69) is 22.4 Å². The van der Waals surface area contributed by atoms with E-state index in [-0.39, 0.29) is 24.3 Å². The Morgan fingerprint density at radius 3 is 2.33 bits per heavy atom. The highest BCUT2D eigenvalue weighted by atomic mass is 16.2. The fourth-order valence-electron chi connectivity index (χ4n) is 5.79. The predicted molar refractivity (Wildman–Crippen MR) is 162 cm³/mol. The quantitative estimate of drug-likeness (QED) is 0.260. The van der Waals surface area contributed by atoms with Gasteiger partial charge in [0.05, 0.1) is 6.42 Å². The first-order chi connectivity index (χ1) is 19.5. The summed E-state index contributed by atoms with van der Waals surface area (Å²) in [5.74, 6) is -0.147. The lowest BCUT2D eigenvalue weighted by molar-refractivity contribution is -0.140. The number of anilines is 1. The number of hydrogen-bond donors (Lipinski definition) is 2. The van der Waals surface area contributed by atoms with E-state index in [9.17, 15) is 9.59 Å². The second kappa shape index (κ2) is 12.9. The van der Waals surface area contributed by atoms with E-state index in [1.165, 1.54) is 6.42 Å². The number of aromatic nitrogens is 1. The molecule has 2 amide bonds. The fourth-order valence-corrected chi connectivity index (χ4v) is 5.79. The van der Waals surface area contributed by atoms with Crippen LogP contribution in [0.3, 0.4) is 0 Å². The van der Waals surface area contributed by atoms with Gasteiger partial charge in [0.2, 0.25) is 11.8 Å². The first kappa shape index (κ1) is 27.5. The molecule has 1 unspecified atom stereocenters. The zero-order chi connectivity index (χ0) is 27.9. The summed E-state index contributed by atoms with van der Waals surface area (Å²) >= 11 is 0. The Balaban J connectivity index is 1.49. The molecular formula is C34H40N4O2. The van der Waals surface area contributed by atoms with E-state index in [1.54, 1.807) is 4.90 Å². The Morgan fingerprint density at radius 2 is 1.60 bits per heavy atom. The van der Waals surface area contributed by atoms with Crippen LogP contribution in [-0.4, -0.2) is 48.4 Å². The standard InChI is InChI=1S/C34H40N4O2/c1-37(2)29-19-17-26(18-20-29)33(34(40)36-28-13-7-4-8-14-28)38(22-21-25-11-5-3-6-12-25)32(39)23-27-24-35-31-16-10-9-15-30(27)31/h3,5-6,9-12,15-20,24,28,33,35H,4,7-8,13-14,21-23H2,1-2H3,(H,36,40). The third kappa shape index (κ3) is 6.56. The fraction of sp³-hybridized carbons (Fsp3) is 0.353. The number of benzene rings is 3. The first-order valence-corrected chi connectivity index (χ1v) is 14.5. The van der Waals surface area contributed by atoms with Crippen molar-refractivity contribution in [2.45, 2.75) is 57.0 Å². The molecule has 1 aromatic heterocycles. The minimum atomic E-state index is -0.709. The van der Waals surface area contributed by atoms with Crippen molar-refractivity contribution in [3.63, 3.8) is 0 Å². The second-order valence-electron chi connectivity index (χ2n) is 11.1. The lowest BCUT2D eigenvalue weighted by Crippen LogP contribution is -2.48. The van der Waals surface area contributed by atoms with Gasteiger partial charge < -0.3 is 20.1 Å². The van der Waals surface area contributed by atoms with Crippen LogP contribution in [0.4, 0.5) is 5.69 Å². The average molecular weight is 537 g/mol. The summed E-state index contributed by atoms with van der Waals surface area (Å²) in [6.45, 7) is 0.448. The van der Waals surface area contributed by atoms with Gasteiger partial charge in [-0.15, -0.1) is 0 Å². The normalized spacial score (nSPS) is 14.6. The maximum Gasteiger partial charge on any atom is 0.247 e. The number of amides is 2. The summed E-state index contributed by atoms with van der Waals surface area (Å²) < 4.78 is 0. The summed E-state index contributed by atoms with van der Waals surface area (Å²) in [7, 11) is 4.00. The Bertz CT molecular complexity index is 1400. The highest BCUT2D eigenvalue weighted by Gasteiger charge is 2.33. The number of fused-ring (bicyclic) bond motifs is 1. The molecule has 4 aromatic rings. The second-order valence-corrected chi connectivity index (χ2v) is 11.1. The number of rotatable bonds is 10. The van der Waals surface area contributed by atoms with Gasteiger partial charge in [-0.3, -0.25) is 9.59 Å². The Morgan fingerprint density at radius 1 is 0.900 bits per heavy atom. The molecule has 0 saturated heterocycles. The topological polar surface area (TPSA) is 68.4 Å². The van der Waals surface area contributed by atoms with Gasteiger partial charge in [-0.25, -0.2) is 0 Å². The van der Waals surface area contributed by atoms with Crippen LogP contribution in [0.15, 0.2) is 85.1 Å². The minimum absolute atomic E-state index is 0.0545. The molecule has 6 nitrogen and oxygen atoms in total. The summed E-state index contributed by atoms with van der Waals surface area (Å²) in [5.41, 5.74) is 4.98. The lowest BCUT2D eigenvalue weighted by Gasteiger charge is -2.34. The Hall–Kier alpha value is -4.06. The van der Waals surface area contributed by atoms with Crippen LogP contribution in [0.1, 0.15) is 54.8 Å². The molecule has 1 atom stereocenters. The maximum absolute atomic E-state index is 14.2. The molecule has 0 aliphatic heterocycles. The van der Waals surface area contributed by atoms with E-state index in [0.717, 1.165) is 59.0 Å². The van der Waals surface area contributed by atoms with Crippen LogP contribution in [-0.2, 0) is 22.4 Å². The van der Waals surface area contributed by atoms with E-state index in [1.807, 2.05) is 91.9 Å². The van der Waals surface area contributed by atoms with E-state index >= 15 is 0 Å². The van der Waals surface area contributed by atoms with Crippen molar-refractivity contribution in [1.29, 1.82) is 0 Å². The summed E-state index contributed by atoms with van der Waals surface area (Å²) in [6.07, 6.45) is 8.27. The van der Waals surface area contributed by atoms with Gasteiger partial charge >= 0.3 is 0 Å². The largest absolute Gasteiger partial charge is 0.378 e. The summed E-state index contributed by atoms with van der Waals surface area (Å²) in [4.78, 5) is 35.4. The molecule has 3 aromatic carbocycles. The number of hydrogen-bond acceptors (Lipinski definition) is 3. The first-order valence-electron chi connectivity index (χ1n) is 14.5. The number of aromatic amines is 1. The van der Waals surface area contributed by atoms with Crippen LogP contribution in [0.2, 0.25) is 0 Å². The highest BCUT2D eigenvalue weighted by Crippen LogP contribution is 2.28. The zero-order valence-corrected chi connectivity index (χ0v) is 23.6. The van der Waals surface area contributed by atoms with Crippen molar-refractivity contribution in [3.05, 3.63) is 102 Å². The van der Waals surface area contributed by atoms with Crippen molar-refractivity contribution >= 4 is 28.4 Å². The molecule has 6 heteroatoms. The van der Waals surface area contributed by atoms with Crippen molar-refractivity contribution in [1.82, 2.24) is 15.2 Å². The van der Waals surface area contributed by atoms with E-state index < -0.39 is 6.04 Å². The summed E-state index contributed by atoms with van der Waals surface area (Å²) in [5, 5.41) is 4.37. The third-order valence-electron chi connectivity index (χ3n) is 8.06. The van der Waals surface area contributed by atoms with Crippen LogP contribution < -0.4 is 10.2 Å². The van der Waals surface area contributed by atoms with E-state index in [0.29, 0.717) is 13.0 Å². The van der Waals surface area contributed by atoms with Gasteiger partial charge in [0.15, 0.2) is 0 Å². The van der Waals surface area contributed by atoms with Crippen molar-refractivity contribution in [2.75, 3.05) is 25.5 Å². The van der Waals surface area contributed by atoms with Gasteiger partial charge in [-0.05, 0) is 54.2 Å². The zero-order valence-electron chi connectivity index (χ0n) is 23.6. The number of carbonyl (C=O) groups excluding carboxylic acids is 2. The number of para-hydroxylation sites is 1. The van der Waals surface area contributed by atoms with Crippen molar-refractivity contribution in [3.8, 4) is 0 Å². The molecule has 1 heterocycles. The number of nitrogens with zero attached hydrogens (tertiary/aromatic N) is 2. The Kier molecular flexibility index (Phi) is 8.84. The van der Waals surface area contributed by atoms with Gasteiger partial charge in [-0.2, -0.15) is 0 Å². The SMILES string of the molecule is CN(C)c1ccc(C(C(=O)NC2CCCCC2)N(CCc2ccccc2)C(=O)Cc2c[nH]c3ccccc23)cc1. The Labute approximate surface area is 237 Å². The predicted octanol–water partition coefficient (Wildman–Crippen LogP) is 6.04. The molecule has 208 valence electrons. The van der Waals surface area contributed by atoms with Crippen molar-refractivity contribution < 1.29 is 9.59 Å². The lowest BCUT2D eigenvalue weighted by atomic mass is 9.94. The van der Waals surface area contributed by atoms with Crippen LogP contribution in [0.5, 0.6) is 0 Å². The smallest absolute Gasteiger partial charge is 0.247 e. The molecule has 1 aliphatic rings. The molecule has 1 fully saturated rings. The van der Waals surface area contributed by atoms with Crippen LogP contribution >= 0.6 is 0 Å². The molecule has 0 spiro atoms. The van der Waals surface area contributed by atoms with Crippen LogP contribution in [0.25, 0.3) is 10.9 Å². The highest BCUT2D eigenvalue weighted by molar-refractivity contribution is 5.92. The van der Waals surface area contributed by atoms with Gasteiger partial charge in [0.25, 0.3) is 0 Å². The van der Waals surface area contributed by atoms with Gasteiger partial charge in [0.1, 0.15) is 6.04 Å². The number of H-pyrrole nitrogens is 1. The molecular weight excluding hydrogens is 496 g/mol. The molecule has 0 bridgehead atoms. The summed E-state index contributed by atoms with van der Waals surface area (Å²) in [6, 6.07) is 25.7. The molecule has 5 rings (SSSR count). The van der Waals surface area contributed by atoms with Crippen LogP contribution in [0, 0.1) is 0 Å². The molecule has 1 saturated carbocycles. The average Bonchev–Trinajstić information content (AvgIpc) is 3.39. The van der Waals surface area contributed by atoms with E-state index in [4.69, 9.17) is 0 Å². The number of nitrogens with one attached hydrogen (secondary N) is 2. The molecule has 1 aliphatic carbocycles. The van der Waals surface area contributed by atoms with Gasteiger partial charge in [-0.1, -0.05) is 79.9 Å². The van der Waals surface area contributed by atoms with Crippen molar-refractivity contribution in [2.24, 2.45) is 0 Å². The number of carbonyl (C=O) groups is 2. The third-order valence-corrected chi connectivity index (χ3v) is 8.06. The molecule has 0 radical (unpaired) electrons. The minimum Gasteiger partial charge on any atom is -0.378 e.